The molecule has 0 heterocycles. The highest BCUT2D eigenvalue weighted by atomic mass is 16.5. The molecule has 27 heavy (non-hydrogen) atoms. The summed E-state index contributed by atoms with van der Waals surface area (Å²) in [4.78, 5) is 26.3. The molecule has 3 aromatic carbocycles. The average molecular weight is 358 g/mol. The van der Waals surface area contributed by atoms with Gasteiger partial charge in [0.1, 0.15) is 5.75 Å². The fraction of sp³-hybridized carbons (Fsp3) is 0.0909. The maximum absolute atomic E-state index is 13.2. The second kappa shape index (κ2) is 6.61. The summed E-state index contributed by atoms with van der Waals surface area (Å²) in [5.74, 6) is -0.112. The lowest BCUT2D eigenvalue weighted by Crippen LogP contribution is -2.24. The number of carbonyl (C=O) groups excluding carboxylic acids is 2. The predicted molar refractivity (Wildman–Crippen MR) is 105 cm³/mol. The normalized spacial score (nSPS) is 12.3. The number of hydrogen-bond donors (Lipinski definition) is 2. The zero-order chi connectivity index (χ0) is 19.0. The van der Waals surface area contributed by atoms with Crippen molar-refractivity contribution < 1.29 is 14.3 Å². The molecule has 0 fully saturated rings. The van der Waals surface area contributed by atoms with Crippen molar-refractivity contribution in [1.29, 1.82) is 0 Å². The van der Waals surface area contributed by atoms with Crippen LogP contribution in [0.1, 0.15) is 38.8 Å². The Hall–Kier alpha value is -3.60. The molecule has 0 radical (unpaired) electrons. The third-order valence-electron chi connectivity index (χ3n) is 4.55. The molecule has 1 aliphatic rings. The van der Waals surface area contributed by atoms with Crippen molar-refractivity contribution in [3.05, 3.63) is 82.9 Å². The number of ketones is 2. The Kier molecular flexibility index (Phi) is 4.12. The molecule has 0 spiro atoms. The van der Waals surface area contributed by atoms with Gasteiger partial charge in [0.15, 0.2) is 11.6 Å². The predicted octanol–water partition coefficient (Wildman–Crippen LogP) is 4.19. The number of fused-ring (bicyclic) bond motifs is 2. The minimum Gasteiger partial charge on any atom is -0.492 e. The van der Waals surface area contributed by atoms with E-state index in [0.29, 0.717) is 29.2 Å². The number of nitrogen functional groups attached to an aromatic ring is 1. The largest absolute Gasteiger partial charge is 0.492 e. The summed E-state index contributed by atoms with van der Waals surface area (Å²) in [6, 6.07) is 17.9. The molecule has 1 aliphatic carbocycles. The number of nitrogens with one attached hydrogen (secondary N) is 1. The van der Waals surface area contributed by atoms with Gasteiger partial charge in [-0.3, -0.25) is 9.59 Å². The molecular weight excluding hydrogens is 340 g/mol. The summed E-state index contributed by atoms with van der Waals surface area (Å²) in [5.41, 5.74) is 8.95. The van der Waals surface area contributed by atoms with Gasteiger partial charge in [-0.25, -0.2) is 0 Å². The van der Waals surface area contributed by atoms with Crippen molar-refractivity contribution in [2.24, 2.45) is 0 Å². The Labute approximate surface area is 156 Å². The van der Waals surface area contributed by atoms with Gasteiger partial charge in [0.25, 0.3) is 0 Å². The van der Waals surface area contributed by atoms with Gasteiger partial charge in [0.05, 0.1) is 29.1 Å². The minimum absolute atomic E-state index is 0.193. The molecule has 5 nitrogen and oxygen atoms in total. The van der Waals surface area contributed by atoms with Gasteiger partial charge >= 0.3 is 0 Å². The molecule has 0 bridgehead atoms. The molecule has 0 aliphatic heterocycles. The van der Waals surface area contributed by atoms with Crippen LogP contribution < -0.4 is 15.8 Å². The first-order valence-corrected chi connectivity index (χ1v) is 8.71. The van der Waals surface area contributed by atoms with E-state index >= 15 is 0 Å². The van der Waals surface area contributed by atoms with Crippen LogP contribution in [0, 0.1) is 0 Å². The van der Waals surface area contributed by atoms with Crippen LogP contribution >= 0.6 is 0 Å². The zero-order valence-corrected chi connectivity index (χ0v) is 14.8. The number of hydrogen-bond acceptors (Lipinski definition) is 5. The van der Waals surface area contributed by atoms with Gasteiger partial charge in [-0.15, -0.1) is 0 Å². The summed E-state index contributed by atoms with van der Waals surface area (Å²) in [7, 11) is 0. The number of carbonyl (C=O) groups is 2. The molecule has 0 amide bonds. The second-order valence-electron chi connectivity index (χ2n) is 6.21. The third-order valence-corrected chi connectivity index (χ3v) is 4.55. The monoisotopic (exact) mass is 358 g/mol. The third kappa shape index (κ3) is 2.73. The maximum atomic E-state index is 13.2. The van der Waals surface area contributed by atoms with E-state index in [0.717, 1.165) is 5.69 Å². The Morgan fingerprint density at radius 1 is 0.889 bits per heavy atom. The molecule has 0 aromatic heterocycles. The quantitative estimate of drug-likeness (QED) is 0.535. The highest BCUT2D eigenvalue weighted by Crippen LogP contribution is 2.41. The van der Waals surface area contributed by atoms with Gasteiger partial charge in [-0.05, 0) is 19.1 Å². The van der Waals surface area contributed by atoms with Crippen molar-refractivity contribution in [1.82, 2.24) is 0 Å². The minimum atomic E-state index is -0.268. The van der Waals surface area contributed by atoms with E-state index in [1.54, 1.807) is 30.3 Å². The number of anilines is 3. The summed E-state index contributed by atoms with van der Waals surface area (Å²) < 4.78 is 5.62. The van der Waals surface area contributed by atoms with Crippen molar-refractivity contribution in [2.75, 3.05) is 17.7 Å². The maximum Gasteiger partial charge on any atom is 0.196 e. The number of nitrogens with two attached hydrogens (primary N) is 1. The number of para-hydroxylation sites is 1. The Morgan fingerprint density at radius 2 is 1.48 bits per heavy atom. The fourth-order valence-electron chi connectivity index (χ4n) is 3.34. The van der Waals surface area contributed by atoms with Crippen LogP contribution in [0.5, 0.6) is 5.75 Å². The van der Waals surface area contributed by atoms with Crippen LogP contribution in [0.4, 0.5) is 17.1 Å². The number of ether oxygens (including phenoxy) is 1. The van der Waals surface area contributed by atoms with E-state index in [1.807, 2.05) is 37.3 Å². The first kappa shape index (κ1) is 16.8. The Morgan fingerprint density at radius 3 is 2.11 bits per heavy atom. The zero-order valence-electron chi connectivity index (χ0n) is 14.8. The van der Waals surface area contributed by atoms with Crippen LogP contribution in [-0.4, -0.2) is 18.2 Å². The first-order valence-electron chi connectivity index (χ1n) is 8.71. The molecule has 0 saturated heterocycles. The standard InChI is InChI=1S/C22H18N2O3/c1-2-27-17-12-16(24-13-8-4-3-5-9-13)18-19(20(17)23)22(26)15-11-7-6-10-14(15)21(18)25/h3-12,24H,2,23H2,1H3. The van der Waals surface area contributed by atoms with Crippen LogP contribution in [0.15, 0.2) is 60.7 Å². The smallest absolute Gasteiger partial charge is 0.196 e. The van der Waals surface area contributed by atoms with E-state index in [2.05, 4.69) is 5.32 Å². The fourth-order valence-corrected chi connectivity index (χ4v) is 3.34. The van der Waals surface area contributed by atoms with Crippen LogP contribution in [0.2, 0.25) is 0 Å². The number of benzene rings is 3. The lowest BCUT2D eigenvalue weighted by molar-refractivity contribution is 0.0980. The van der Waals surface area contributed by atoms with E-state index in [-0.39, 0.29) is 28.4 Å². The van der Waals surface area contributed by atoms with E-state index in [4.69, 9.17) is 10.5 Å². The van der Waals surface area contributed by atoms with Gasteiger partial charge in [0, 0.05) is 22.9 Å². The summed E-state index contributed by atoms with van der Waals surface area (Å²) in [5, 5.41) is 3.23. The molecule has 3 N–H and O–H groups in total. The van der Waals surface area contributed by atoms with Gasteiger partial charge in [0.2, 0.25) is 0 Å². The van der Waals surface area contributed by atoms with Crippen LogP contribution in [0.3, 0.4) is 0 Å². The van der Waals surface area contributed by atoms with Crippen molar-refractivity contribution >= 4 is 28.6 Å². The van der Waals surface area contributed by atoms with Crippen molar-refractivity contribution in [3.63, 3.8) is 0 Å². The van der Waals surface area contributed by atoms with Crippen molar-refractivity contribution in [3.8, 4) is 5.75 Å². The highest BCUT2D eigenvalue weighted by molar-refractivity contribution is 6.32. The topological polar surface area (TPSA) is 81.4 Å². The van der Waals surface area contributed by atoms with Crippen LogP contribution in [0.25, 0.3) is 0 Å². The molecular formula is C22H18N2O3. The van der Waals surface area contributed by atoms with E-state index in [1.165, 1.54) is 0 Å². The molecule has 0 unspecified atom stereocenters. The summed E-state index contributed by atoms with van der Waals surface area (Å²) in [6.07, 6.45) is 0. The molecule has 5 heteroatoms. The van der Waals surface area contributed by atoms with E-state index < -0.39 is 0 Å². The summed E-state index contributed by atoms with van der Waals surface area (Å²) >= 11 is 0. The van der Waals surface area contributed by atoms with E-state index in [9.17, 15) is 9.59 Å². The molecule has 0 atom stereocenters. The Bertz CT molecular complexity index is 1060. The molecule has 0 saturated carbocycles. The van der Waals surface area contributed by atoms with Crippen LogP contribution in [-0.2, 0) is 0 Å². The number of rotatable bonds is 4. The highest BCUT2D eigenvalue weighted by Gasteiger charge is 2.35. The Balaban J connectivity index is 1.96. The SMILES string of the molecule is CCOc1cc(Nc2ccccc2)c2c(c1N)C(=O)c1ccccc1C2=O. The van der Waals surface area contributed by atoms with Gasteiger partial charge < -0.3 is 15.8 Å². The lowest BCUT2D eigenvalue weighted by atomic mass is 9.82. The average Bonchev–Trinajstić information content (AvgIpc) is 2.69. The van der Waals surface area contributed by atoms with Gasteiger partial charge in [-0.1, -0.05) is 42.5 Å². The lowest BCUT2D eigenvalue weighted by Gasteiger charge is -2.24. The molecule has 4 rings (SSSR count). The first-order chi connectivity index (χ1) is 13.1. The molecule has 134 valence electrons. The summed E-state index contributed by atoms with van der Waals surface area (Å²) in [6.45, 7) is 2.23. The molecule has 3 aromatic rings. The van der Waals surface area contributed by atoms with Gasteiger partial charge in [-0.2, -0.15) is 0 Å². The van der Waals surface area contributed by atoms with Crippen molar-refractivity contribution in [2.45, 2.75) is 6.92 Å². The second-order valence-corrected chi connectivity index (χ2v) is 6.21.